The van der Waals surface area contributed by atoms with E-state index < -0.39 is 0 Å². The number of thiophene rings is 1. The Hall–Kier alpha value is -1.49. The molecule has 1 atom stereocenters. The number of hydrogen-bond donors (Lipinski definition) is 2. The Morgan fingerprint density at radius 3 is 2.90 bits per heavy atom. The Morgan fingerprint density at radius 2 is 2.13 bits per heavy atom. The standard InChI is InChI=1S/C20H23BrN4O3S2/c1-29-20-23-10-13(21)16(24-20)18(27)25-19-15(12-6-2-3-7-14(12)30-19)17(26)22-9-11-5-4-8-28-11/h10-11H,2-9H2,1H3,(H,22,26)(H,25,27)/t11-/m0/s1. The SMILES string of the molecule is CSc1ncc(Br)c(C(=O)Nc2sc3c(c2C(=O)NC[C@@H]2CCCO2)CCCC3)n1. The predicted molar refractivity (Wildman–Crippen MR) is 122 cm³/mol. The van der Waals surface area contributed by atoms with Crippen LogP contribution in [-0.2, 0) is 17.6 Å². The van der Waals surface area contributed by atoms with Crippen molar-refractivity contribution in [2.75, 3.05) is 24.7 Å². The molecule has 7 nitrogen and oxygen atoms in total. The fourth-order valence-electron chi connectivity index (χ4n) is 3.77. The molecule has 30 heavy (non-hydrogen) atoms. The zero-order valence-corrected chi connectivity index (χ0v) is 19.8. The molecule has 2 aromatic rings. The van der Waals surface area contributed by atoms with Gasteiger partial charge in [-0.05, 0) is 66.3 Å². The first-order valence-electron chi connectivity index (χ1n) is 9.99. The van der Waals surface area contributed by atoms with E-state index in [-0.39, 0.29) is 23.6 Å². The van der Waals surface area contributed by atoms with Gasteiger partial charge in [0.1, 0.15) is 10.7 Å². The molecule has 2 aromatic heterocycles. The van der Waals surface area contributed by atoms with Crippen LogP contribution in [0, 0.1) is 0 Å². The molecular formula is C20H23BrN4O3S2. The van der Waals surface area contributed by atoms with Gasteiger partial charge in [0.05, 0.1) is 16.1 Å². The summed E-state index contributed by atoms with van der Waals surface area (Å²) in [5.74, 6) is -0.502. The van der Waals surface area contributed by atoms with Crippen LogP contribution < -0.4 is 10.6 Å². The van der Waals surface area contributed by atoms with E-state index >= 15 is 0 Å². The highest BCUT2D eigenvalue weighted by molar-refractivity contribution is 9.10. The zero-order valence-electron chi connectivity index (χ0n) is 16.6. The second kappa shape index (κ2) is 9.76. The molecule has 1 aliphatic heterocycles. The first kappa shape index (κ1) is 21.7. The van der Waals surface area contributed by atoms with Crippen molar-refractivity contribution in [1.29, 1.82) is 0 Å². The normalized spacial score (nSPS) is 18.1. The van der Waals surface area contributed by atoms with Gasteiger partial charge in [-0.1, -0.05) is 11.8 Å². The van der Waals surface area contributed by atoms with Crippen LogP contribution in [0.15, 0.2) is 15.8 Å². The lowest BCUT2D eigenvalue weighted by atomic mass is 9.95. The van der Waals surface area contributed by atoms with Gasteiger partial charge in [-0.15, -0.1) is 11.3 Å². The van der Waals surface area contributed by atoms with Crippen LogP contribution in [0.2, 0.25) is 0 Å². The van der Waals surface area contributed by atoms with Gasteiger partial charge in [0, 0.05) is 24.2 Å². The van der Waals surface area contributed by atoms with Crippen LogP contribution in [0.25, 0.3) is 0 Å². The van der Waals surface area contributed by atoms with Crippen molar-refractivity contribution < 1.29 is 14.3 Å². The van der Waals surface area contributed by atoms with Crippen LogP contribution in [0.3, 0.4) is 0 Å². The zero-order chi connectivity index (χ0) is 21.1. The Labute approximate surface area is 191 Å². The third-order valence-electron chi connectivity index (χ3n) is 5.26. The summed E-state index contributed by atoms with van der Waals surface area (Å²) in [4.78, 5) is 35.7. The number of carbonyl (C=O) groups is 2. The number of nitrogens with one attached hydrogen (secondary N) is 2. The summed E-state index contributed by atoms with van der Waals surface area (Å²) in [5, 5.41) is 7.06. The molecule has 2 aliphatic rings. The van der Waals surface area contributed by atoms with Gasteiger partial charge in [0.25, 0.3) is 11.8 Å². The minimum atomic E-state index is -0.355. The lowest BCUT2D eigenvalue weighted by Crippen LogP contribution is -2.32. The molecule has 0 unspecified atom stereocenters. The molecule has 0 aromatic carbocycles. The predicted octanol–water partition coefficient (Wildman–Crippen LogP) is 4.06. The van der Waals surface area contributed by atoms with E-state index in [1.165, 1.54) is 28.0 Å². The Balaban J connectivity index is 1.58. The third-order valence-corrected chi connectivity index (χ3v) is 7.61. The third kappa shape index (κ3) is 4.71. The molecule has 10 heteroatoms. The van der Waals surface area contributed by atoms with E-state index in [1.807, 2.05) is 6.26 Å². The van der Waals surface area contributed by atoms with Crippen molar-refractivity contribution in [3.63, 3.8) is 0 Å². The van der Waals surface area contributed by atoms with Crippen molar-refractivity contribution in [3.05, 3.63) is 32.4 Å². The number of fused-ring (bicyclic) bond motifs is 1. The highest BCUT2D eigenvalue weighted by Crippen LogP contribution is 2.38. The van der Waals surface area contributed by atoms with Crippen LogP contribution in [0.4, 0.5) is 5.00 Å². The second-order valence-corrected chi connectivity index (χ2v) is 10.0. The first-order valence-corrected chi connectivity index (χ1v) is 12.8. The number of rotatable bonds is 6. The average Bonchev–Trinajstić information content (AvgIpc) is 3.39. The number of amides is 2. The molecule has 0 spiro atoms. The van der Waals surface area contributed by atoms with Gasteiger partial charge in [-0.2, -0.15) is 0 Å². The van der Waals surface area contributed by atoms with Crippen LogP contribution in [-0.4, -0.2) is 47.3 Å². The Bertz CT molecular complexity index is 960. The topological polar surface area (TPSA) is 93.2 Å². The molecule has 4 rings (SSSR count). The van der Waals surface area contributed by atoms with Crippen LogP contribution >= 0.6 is 39.0 Å². The van der Waals surface area contributed by atoms with Gasteiger partial charge < -0.3 is 15.4 Å². The molecule has 0 bridgehead atoms. The summed E-state index contributed by atoms with van der Waals surface area (Å²) in [5.41, 5.74) is 1.92. The molecule has 160 valence electrons. The van der Waals surface area contributed by atoms with Crippen molar-refractivity contribution >= 4 is 55.8 Å². The highest BCUT2D eigenvalue weighted by atomic mass is 79.9. The number of hydrogen-bond acceptors (Lipinski definition) is 7. The van der Waals surface area contributed by atoms with Gasteiger partial charge in [0.2, 0.25) is 0 Å². The van der Waals surface area contributed by atoms with E-state index in [1.54, 1.807) is 6.20 Å². The van der Waals surface area contributed by atoms with E-state index in [2.05, 4.69) is 36.5 Å². The molecular weight excluding hydrogens is 488 g/mol. The number of ether oxygens (including phenoxy) is 1. The summed E-state index contributed by atoms with van der Waals surface area (Å²) in [7, 11) is 0. The van der Waals surface area contributed by atoms with Crippen molar-refractivity contribution in [2.45, 2.75) is 49.8 Å². The fourth-order valence-corrected chi connectivity index (χ4v) is 5.76. The highest BCUT2D eigenvalue weighted by Gasteiger charge is 2.28. The van der Waals surface area contributed by atoms with Crippen molar-refractivity contribution in [3.8, 4) is 0 Å². The Kier molecular flexibility index (Phi) is 7.07. The Morgan fingerprint density at radius 1 is 1.30 bits per heavy atom. The van der Waals surface area contributed by atoms with E-state index in [0.29, 0.717) is 26.7 Å². The maximum atomic E-state index is 13.1. The average molecular weight is 511 g/mol. The molecule has 1 fully saturated rings. The maximum Gasteiger partial charge on any atom is 0.276 e. The number of aromatic nitrogens is 2. The number of aryl methyl sites for hydroxylation is 1. The monoisotopic (exact) mass is 510 g/mol. The lowest BCUT2D eigenvalue weighted by molar-refractivity contribution is 0.0858. The van der Waals surface area contributed by atoms with Gasteiger partial charge >= 0.3 is 0 Å². The van der Waals surface area contributed by atoms with Crippen LogP contribution in [0.1, 0.15) is 57.0 Å². The van der Waals surface area contributed by atoms with Crippen LogP contribution in [0.5, 0.6) is 0 Å². The number of carbonyl (C=O) groups excluding carboxylic acids is 2. The second-order valence-electron chi connectivity index (χ2n) is 7.27. The fraction of sp³-hybridized carbons (Fsp3) is 0.500. The molecule has 2 amide bonds. The lowest BCUT2D eigenvalue weighted by Gasteiger charge is -2.15. The maximum absolute atomic E-state index is 13.1. The smallest absolute Gasteiger partial charge is 0.276 e. The summed E-state index contributed by atoms with van der Waals surface area (Å²) in [6.45, 7) is 1.24. The van der Waals surface area contributed by atoms with E-state index in [9.17, 15) is 9.59 Å². The van der Waals surface area contributed by atoms with Crippen molar-refractivity contribution in [1.82, 2.24) is 15.3 Å². The van der Waals surface area contributed by atoms with Gasteiger partial charge in [-0.25, -0.2) is 9.97 Å². The summed E-state index contributed by atoms with van der Waals surface area (Å²) in [6.07, 6.45) is 9.45. The molecule has 2 N–H and O–H groups in total. The largest absolute Gasteiger partial charge is 0.376 e. The number of thioether (sulfide) groups is 1. The van der Waals surface area contributed by atoms with E-state index in [4.69, 9.17) is 4.74 Å². The molecule has 3 heterocycles. The molecule has 0 saturated carbocycles. The summed E-state index contributed by atoms with van der Waals surface area (Å²) < 4.78 is 6.13. The molecule has 1 saturated heterocycles. The number of anilines is 1. The van der Waals surface area contributed by atoms with Gasteiger partial charge in [0.15, 0.2) is 5.16 Å². The van der Waals surface area contributed by atoms with E-state index in [0.717, 1.165) is 50.7 Å². The quantitative estimate of drug-likeness (QED) is 0.449. The molecule has 1 aliphatic carbocycles. The molecule has 0 radical (unpaired) electrons. The summed E-state index contributed by atoms with van der Waals surface area (Å²) >= 11 is 6.22. The van der Waals surface area contributed by atoms with Crippen molar-refractivity contribution in [2.24, 2.45) is 0 Å². The number of nitrogens with zero attached hydrogens (tertiary/aromatic N) is 2. The summed E-state index contributed by atoms with van der Waals surface area (Å²) in [6, 6.07) is 0. The number of halogens is 1. The first-order chi connectivity index (χ1) is 14.6. The van der Waals surface area contributed by atoms with Gasteiger partial charge in [-0.3, -0.25) is 9.59 Å². The minimum absolute atomic E-state index is 0.0726. The minimum Gasteiger partial charge on any atom is -0.376 e.